The number of carbonyl (C=O) groups is 2. The number of carboxylic acid groups (broad SMARTS) is 1. The van der Waals surface area contributed by atoms with E-state index in [4.69, 9.17) is 5.11 Å². The number of carboxylic acids is 1. The molecule has 1 unspecified atom stereocenters. The lowest BCUT2D eigenvalue weighted by atomic mass is 9.99. The van der Waals surface area contributed by atoms with Crippen LogP contribution in [-0.4, -0.2) is 28.1 Å². The van der Waals surface area contributed by atoms with E-state index >= 15 is 0 Å². The summed E-state index contributed by atoms with van der Waals surface area (Å²) in [4.78, 5) is 27.2. The fraction of sp³-hybridized carbons (Fsp3) is 0.533. The van der Waals surface area contributed by atoms with Crippen molar-refractivity contribution in [3.63, 3.8) is 0 Å². The minimum atomic E-state index is -1.02. The van der Waals surface area contributed by atoms with Crippen molar-refractivity contribution in [1.82, 2.24) is 15.6 Å². The molecule has 0 aliphatic heterocycles. The van der Waals surface area contributed by atoms with Gasteiger partial charge in [0.2, 0.25) is 0 Å². The highest BCUT2D eigenvalue weighted by Gasteiger charge is 2.25. The Bertz CT molecular complexity index is 491. The number of carbonyl (C=O) groups excluding carboxylic acids is 1. The van der Waals surface area contributed by atoms with Crippen molar-refractivity contribution in [2.75, 3.05) is 0 Å². The zero-order chi connectivity index (χ0) is 15.8. The van der Waals surface area contributed by atoms with Gasteiger partial charge in [0, 0.05) is 6.20 Å². The predicted octanol–water partition coefficient (Wildman–Crippen LogP) is 1.94. The first kappa shape index (κ1) is 16.9. The Labute approximate surface area is 125 Å². The molecule has 6 nitrogen and oxygen atoms in total. The van der Waals surface area contributed by atoms with Gasteiger partial charge < -0.3 is 15.7 Å². The smallest absolute Gasteiger partial charge is 0.326 e. The molecular formula is C15H23N3O3. The molecule has 1 heterocycles. The Morgan fingerprint density at radius 3 is 2.67 bits per heavy atom. The Hall–Kier alpha value is -2.11. The molecule has 3 N–H and O–H groups in total. The van der Waals surface area contributed by atoms with Crippen LogP contribution in [0.1, 0.15) is 38.4 Å². The first-order chi connectivity index (χ1) is 9.99. The third-order valence-corrected chi connectivity index (χ3v) is 3.55. The first-order valence-corrected chi connectivity index (χ1v) is 7.19. The third-order valence-electron chi connectivity index (χ3n) is 3.55. The molecular weight excluding hydrogens is 270 g/mol. The monoisotopic (exact) mass is 293 g/mol. The standard InChI is InChI=1S/C15H23N3O3/c1-4-10(3)13(14(19)20)18-15(21)17-9-12-11(5-2)7-6-8-16-12/h6-8,10,13H,4-5,9H2,1-3H3,(H,19,20)(H2,17,18,21)/t10?,13-/m0/s1. The normalized spacial score (nSPS) is 13.3. The molecule has 0 radical (unpaired) electrons. The predicted molar refractivity (Wildman–Crippen MR) is 79.9 cm³/mol. The Balaban J connectivity index is 2.59. The van der Waals surface area contributed by atoms with Crippen molar-refractivity contribution < 1.29 is 14.7 Å². The molecule has 1 rings (SSSR count). The molecule has 21 heavy (non-hydrogen) atoms. The van der Waals surface area contributed by atoms with E-state index in [0.29, 0.717) is 6.42 Å². The maximum absolute atomic E-state index is 11.8. The van der Waals surface area contributed by atoms with Gasteiger partial charge in [-0.15, -0.1) is 0 Å². The van der Waals surface area contributed by atoms with Gasteiger partial charge in [-0.2, -0.15) is 0 Å². The molecule has 116 valence electrons. The third kappa shape index (κ3) is 5.06. The maximum atomic E-state index is 11.8. The van der Waals surface area contributed by atoms with Crippen LogP contribution in [0, 0.1) is 5.92 Å². The van der Waals surface area contributed by atoms with E-state index in [-0.39, 0.29) is 12.5 Å². The van der Waals surface area contributed by atoms with Gasteiger partial charge in [0.25, 0.3) is 0 Å². The summed E-state index contributed by atoms with van der Waals surface area (Å²) in [5.41, 5.74) is 1.86. The van der Waals surface area contributed by atoms with Gasteiger partial charge in [0.1, 0.15) is 6.04 Å². The van der Waals surface area contributed by atoms with Crippen molar-refractivity contribution in [2.45, 2.75) is 46.2 Å². The largest absolute Gasteiger partial charge is 0.480 e. The summed E-state index contributed by atoms with van der Waals surface area (Å²) >= 11 is 0. The van der Waals surface area contributed by atoms with Gasteiger partial charge in [-0.3, -0.25) is 4.98 Å². The lowest BCUT2D eigenvalue weighted by Crippen LogP contribution is -2.49. The molecule has 0 fully saturated rings. The molecule has 0 aliphatic rings. The fourth-order valence-corrected chi connectivity index (χ4v) is 1.99. The number of amides is 2. The number of urea groups is 1. The summed E-state index contributed by atoms with van der Waals surface area (Å²) in [5.74, 6) is -1.15. The highest BCUT2D eigenvalue weighted by atomic mass is 16.4. The molecule has 0 saturated carbocycles. The van der Waals surface area contributed by atoms with E-state index in [1.807, 2.05) is 26.0 Å². The molecule has 2 atom stereocenters. The maximum Gasteiger partial charge on any atom is 0.326 e. The summed E-state index contributed by atoms with van der Waals surface area (Å²) in [5, 5.41) is 14.3. The highest BCUT2D eigenvalue weighted by Crippen LogP contribution is 2.08. The number of nitrogens with zero attached hydrogens (tertiary/aromatic N) is 1. The minimum Gasteiger partial charge on any atom is -0.480 e. The molecule has 1 aromatic heterocycles. The van der Waals surface area contributed by atoms with Crippen LogP contribution in [0.25, 0.3) is 0 Å². The molecule has 1 aromatic rings. The quantitative estimate of drug-likeness (QED) is 0.716. The molecule has 0 aromatic carbocycles. The van der Waals surface area contributed by atoms with Crippen LogP contribution >= 0.6 is 0 Å². The van der Waals surface area contributed by atoms with Gasteiger partial charge in [-0.25, -0.2) is 9.59 Å². The lowest BCUT2D eigenvalue weighted by Gasteiger charge is -2.20. The number of nitrogens with one attached hydrogen (secondary N) is 2. The van der Waals surface area contributed by atoms with E-state index in [2.05, 4.69) is 15.6 Å². The van der Waals surface area contributed by atoms with Crippen molar-refractivity contribution >= 4 is 12.0 Å². The second-order valence-corrected chi connectivity index (χ2v) is 4.99. The van der Waals surface area contributed by atoms with E-state index in [0.717, 1.165) is 17.7 Å². The zero-order valence-corrected chi connectivity index (χ0v) is 12.7. The van der Waals surface area contributed by atoms with E-state index in [1.54, 1.807) is 13.1 Å². The summed E-state index contributed by atoms with van der Waals surface area (Å²) in [7, 11) is 0. The minimum absolute atomic E-state index is 0.130. The molecule has 0 aliphatic carbocycles. The molecule has 0 bridgehead atoms. The number of hydrogen-bond donors (Lipinski definition) is 3. The Morgan fingerprint density at radius 1 is 1.38 bits per heavy atom. The SMILES string of the molecule is CCc1cccnc1CNC(=O)N[C@H](C(=O)O)C(C)CC. The number of aryl methyl sites for hydroxylation is 1. The number of hydrogen-bond acceptors (Lipinski definition) is 3. The van der Waals surface area contributed by atoms with Crippen LogP contribution in [0.5, 0.6) is 0 Å². The van der Waals surface area contributed by atoms with Crippen LogP contribution in [0.15, 0.2) is 18.3 Å². The second-order valence-electron chi connectivity index (χ2n) is 4.99. The summed E-state index contributed by atoms with van der Waals surface area (Å²) in [6.07, 6.45) is 3.18. The molecule has 2 amide bonds. The molecule has 0 saturated heterocycles. The van der Waals surface area contributed by atoms with Crippen LogP contribution < -0.4 is 10.6 Å². The van der Waals surface area contributed by atoms with Gasteiger partial charge in [-0.05, 0) is 24.0 Å². The van der Waals surface area contributed by atoms with Crippen LogP contribution in [0.4, 0.5) is 4.79 Å². The van der Waals surface area contributed by atoms with E-state index in [9.17, 15) is 9.59 Å². The zero-order valence-electron chi connectivity index (χ0n) is 12.7. The summed E-state index contributed by atoms with van der Waals surface area (Å²) in [6, 6.07) is 2.44. The lowest BCUT2D eigenvalue weighted by molar-refractivity contribution is -0.140. The number of aromatic nitrogens is 1. The number of rotatable bonds is 7. The molecule has 6 heteroatoms. The average molecular weight is 293 g/mol. The Kier molecular flexibility index (Phi) is 6.65. The molecule has 0 spiro atoms. The van der Waals surface area contributed by atoms with Crippen LogP contribution in [0.3, 0.4) is 0 Å². The van der Waals surface area contributed by atoms with E-state index < -0.39 is 18.0 Å². The topological polar surface area (TPSA) is 91.3 Å². The fourth-order valence-electron chi connectivity index (χ4n) is 1.99. The summed E-state index contributed by atoms with van der Waals surface area (Å²) < 4.78 is 0. The number of pyridine rings is 1. The van der Waals surface area contributed by atoms with Crippen molar-refractivity contribution in [1.29, 1.82) is 0 Å². The first-order valence-electron chi connectivity index (χ1n) is 7.19. The average Bonchev–Trinajstić information content (AvgIpc) is 2.49. The van der Waals surface area contributed by atoms with Crippen molar-refractivity contribution in [3.05, 3.63) is 29.6 Å². The Morgan fingerprint density at radius 2 is 2.10 bits per heavy atom. The van der Waals surface area contributed by atoms with Crippen molar-refractivity contribution in [3.8, 4) is 0 Å². The van der Waals surface area contributed by atoms with Gasteiger partial charge in [0.05, 0.1) is 12.2 Å². The van der Waals surface area contributed by atoms with Gasteiger partial charge >= 0.3 is 12.0 Å². The van der Waals surface area contributed by atoms with Gasteiger partial charge in [0.15, 0.2) is 0 Å². The van der Waals surface area contributed by atoms with Crippen molar-refractivity contribution in [2.24, 2.45) is 5.92 Å². The van der Waals surface area contributed by atoms with Crippen LogP contribution in [0.2, 0.25) is 0 Å². The van der Waals surface area contributed by atoms with E-state index in [1.165, 1.54) is 0 Å². The second kappa shape index (κ2) is 8.24. The summed E-state index contributed by atoms with van der Waals surface area (Å²) in [6.45, 7) is 5.99. The van der Waals surface area contributed by atoms with Gasteiger partial charge in [-0.1, -0.05) is 33.3 Å². The highest BCUT2D eigenvalue weighted by molar-refractivity contribution is 5.82. The number of aliphatic carboxylic acids is 1. The van der Waals surface area contributed by atoms with Crippen LogP contribution in [-0.2, 0) is 17.8 Å².